The van der Waals surface area contributed by atoms with Gasteiger partial charge in [0.2, 0.25) is 11.9 Å². The number of piperazine rings is 1. The lowest BCUT2D eigenvalue weighted by Crippen LogP contribution is -2.52. The Hall–Kier alpha value is -3.10. The van der Waals surface area contributed by atoms with E-state index >= 15 is 0 Å². The molecule has 1 fully saturated rings. The smallest absolute Gasteiger partial charge is 0.317 e. The molecule has 2 heterocycles. The molecule has 3 N–H and O–H groups in total. The molecule has 0 radical (unpaired) electrons. The van der Waals surface area contributed by atoms with Gasteiger partial charge in [0, 0.05) is 38.3 Å². The Morgan fingerprint density at radius 3 is 2.54 bits per heavy atom. The summed E-state index contributed by atoms with van der Waals surface area (Å²) in [5.74, 6) is 1.04. The normalized spacial score (nSPS) is 14.2. The van der Waals surface area contributed by atoms with Crippen molar-refractivity contribution in [2.24, 2.45) is 5.92 Å². The summed E-state index contributed by atoms with van der Waals surface area (Å²) >= 11 is 0. The number of aromatic amines is 1. The molecule has 2 aromatic rings. The molecule has 0 unspecified atom stereocenters. The van der Waals surface area contributed by atoms with E-state index in [1.165, 1.54) is 0 Å². The average Bonchev–Trinajstić information content (AvgIpc) is 3.13. The fraction of sp³-hybridized carbons (Fsp3) is 0.474. The van der Waals surface area contributed by atoms with Gasteiger partial charge in [0.05, 0.1) is 6.54 Å². The number of para-hydroxylation sites is 1. The number of benzene rings is 1. The molecule has 9 nitrogen and oxygen atoms in total. The first kappa shape index (κ1) is 19.7. The van der Waals surface area contributed by atoms with Gasteiger partial charge in [0.15, 0.2) is 0 Å². The van der Waals surface area contributed by atoms with E-state index in [1.54, 1.807) is 4.90 Å². The third-order valence-electron chi connectivity index (χ3n) is 4.47. The van der Waals surface area contributed by atoms with E-state index in [9.17, 15) is 9.59 Å². The summed E-state index contributed by atoms with van der Waals surface area (Å²) in [5.41, 5.74) is 1.16. The van der Waals surface area contributed by atoms with Crippen LogP contribution in [0.2, 0.25) is 0 Å². The highest BCUT2D eigenvalue weighted by Gasteiger charge is 2.21. The van der Waals surface area contributed by atoms with Gasteiger partial charge in [0.25, 0.3) is 0 Å². The Morgan fingerprint density at radius 1 is 1.14 bits per heavy atom. The second-order valence-electron chi connectivity index (χ2n) is 7.22. The number of urea groups is 1. The van der Waals surface area contributed by atoms with Crippen molar-refractivity contribution in [3.8, 4) is 0 Å². The molecular weight excluding hydrogens is 358 g/mol. The first-order valence-corrected chi connectivity index (χ1v) is 9.55. The van der Waals surface area contributed by atoms with Crippen LogP contribution in [0.5, 0.6) is 0 Å². The summed E-state index contributed by atoms with van der Waals surface area (Å²) in [5, 5.41) is 12.0. The maximum absolute atomic E-state index is 12.3. The van der Waals surface area contributed by atoms with Crippen LogP contribution in [0.15, 0.2) is 30.3 Å². The molecular formula is C19H27N7O2. The molecule has 0 aliphatic carbocycles. The van der Waals surface area contributed by atoms with Crippen molar-refractivity contribution in [1.29, 1.82) is 0 Å². The Balaban J connectivity index is 1.39. The second kappa shape index (κ2) is 9.20. The highest BCUT2D eigenvalue weighted by molar-refractivity contribution is 5.92. The van der Waals surface area contributed by atoms with Crippen LogP contribution in [-0.4, -0.2) is 64.7 Å². The van der Waals surface area contributed by atoms with Gasteiger partial charge in [-0.25, -0.2) is 4.79 Å². The van der Waals surface area contributed by atoms with E-state index in [1.807, 2.05) is 18.2 Å². The van der Waals surface area contributed by atoms with E-state index in [0.717, 1.165) is 31.0 Å². The zero-order valence-corrected chi connectivity index (χ0v) is 16.3. The molecule has 1 aromatic carbocycles. The Kier molecular flexibility index (Phi) is 6.46. The molecule has 3 rings (SSSR count). The number of nitrogens with zero attached hydrogens (tertiary/aromatic N) is 4. The van der Waals surface area contributed by atoms with E-state index in [4.69, 9.17) is 0 Å². The summed E-state index contributed by atoms with van der Waals surface area (Å²) in [6, 6.07) is 9.89. The number of amides is 3. The van der Waals surface area contributed by atoms with Crippen molar-refractivity contribution in [2.75, 3.05) is 42.9 Å². The molecule has 3 amide bonds. The van der Waals surface area contributed by atoms with Gasteiger partial charge in [-0.15, -0.1) is 5.10 Å². The molecule has 0 atom stereocenters. The van der Waals surface area contributed by atoms with Crippen LogP contribution >= 0.6 is 0 Å². The van der Waals surface area contributed by atoms with E-state index in [0.29, 0.717) is 19.0 Å². The molecule has 150 valence electrons. The lowest BCUT2D eigenvalue weighted by atomic mass is 10.1. The summed E-state index contributed by atoms with van der Waals surface area (Å²) < 4.78 is 0. The molecule has 1 aliphatic heterocycles. The topological polar surface area (TPSA) is 106 Å². The molecule has 1 aromatic heterocycles. The third kappa shape index (κ3) is 5.45. The van der Waals surface area contributed by atoms with Crippen molar-refractivity contribution in [1.82, 2.24) is 25.4 Å². The summed E-state index contributed by atoms with van der Waals surface area (Å²) in [6.45, 7) is 6.79. The third-order valence-corrected chi connectivity index (χ3v) is 4.47. The van der Waals surface area contributed by atoms with Gasteiger partial charge in [-0.3, -0.25) is 15.2 Å². The van der Waals surface area contributed by atoms with Crippen LogP contribution in [-0.2, 0) is 11.2 Å². The molecule has 0 bridgehead atoms. The number of aromatic nitrogens is 3. The summed E-state index contributed by atoms with van der Waals surface area (Å²) in [4.78, 5) is 32.5. The SMILES string of the molecule is CC(C)Cc1nc(NC(=O)CNC(=O)N2CCN(c3ccccc3)CC2)n[nH]1. The number of nitrogens with one attached hydrogen (secondary N) is 3. The van der Waals surface area contributed by atoms with Gasteiger partial charge < -0.3 is 15.1 Å². The van der Waals surface area contributed by atoms with Gasteiger partial charge in [-0.2, -0.15) is 4.98 Å². The summed E-state index contributed by atoms with van der Waals surface area (Å²) in [6.07, 6.45) is 0.758. The number of hydrogen-bond donors (Lipinski definition) is 3. The van der Waals surface area contributed by atoms with Crippen LogP contribution in [0, 0.1) is 5.92 Å². The Morgan fingerprint density at radius 2 is 1.86 bits per heavy atom. The molecule has 0 spiro atoms. The van der Waals surface area contributed by atoms with Gasteiger partial charge in [-0.05, 0) is 18.1 Å². The van der Waals surface area contributed by atoms with Crippen molar-refractivity contribution >= 4 is 23.6 Å². The van der Waals surface area contributed by atoms with Crippen LogP contribution in [0.4, 0.5) is 16.4 Å². The molecule has 9 heteroatoms. The lowest BCUT2D eigenvalue weighted by Gasteiger charge is -2.36. The number of hydrogen-bond acceptors (Lipinski definition) is 5. The zero-order chi connectivity index (χ0) is 19.9. The highest BCUT2D eigenvalue weighted by Crippen LogP contribution is 2.15. The van der Waals surface area contributed by atoms with Crippen LogP contribution in [0.1, 0.15) is 19.7 Å². The monoisotopic (exact) mass is 385 g/mol. The number of rotatable bonds is 6. The minimum Gasteiger partial charge on any atom is -0.368 e. The quantitative estimate of drug-likeness (QED) is 0.698. The van der Waals surface area contributed by atoms with Gasteiger partial charge in [-0.1, -0.05) is 32.0 Å². The van der Waals surface area contributed by atoms with Crippen molar-refractivity contribution in [2.45, 2.75) is 20.3 Å². The van der Waals surface area contributed by atoms with Crippen LogP contribution in [0.3, 0.4) is 0 Å². The number of carbonyl (C=O) groups excluding carboxylic acids is 2. The van der Waals surface area contributed by atoms with E-state index < -0.39 is 0 Å². The van der Waals surface area contributed by atoms with E-state index in [-0.39, 0.29) is 24.4 Å². The second-order valence-corrected chi connectivity index (χ2v) is 7.22. The van der Waals surface area contributed by atoms with Crippen molar-refractivity contribution < 1.29 is 9.59 Å². The van der Waals surface area contributed by atoms with Crippen LogP contribution < -0.4 is 15.5 Å². The van der Waals surface area contributed by atoms with Crippen molar-refractivity contribution in [3.05, 3.63) is 36.2 Å². The lowest BCUT2D eigenvalue weighted by molar-refractivity contribution is -0.115. The van der Waals surface area contributed by atoms with Gasteiger partial charge >= 0.3 is 6.03 Å². The largest absolute Gasteiger partial charge is 0.368 e. The maximum atomic E-state index is 12.3. The first-order chi connectivity index (χ1) is 13.5. The predicted octanol–water partition coefficient (Wildman–Crippen LogP) is 1.47. The molecule has 0 saturated carbocycles. The molecule has 1 aliphatic rings. The fourth-order valence-electron chi connectivity index (χ4n) is 3.07. The standard InChI is InChI=1S/C19H27N7O2/c1-14(2)12-16-21-18(24-23-16)22-17(27)13-20-19(28)26-10-8-25(9-11-26)15-6-4-3-5-7-15/h3-7,14H,8-13H2,1-2H3,(H,20,28)(H2,21,22,23,24,27). The number of H-pyrrole nitrogens is 1. The fourth-order valence-corrected chi connectivity index (χ4v) is 3.07. The van der Waals surface area contributed by atoms with Gasteiger partial charge in [0.1, 0.15) is 5.82 Å². The Labute approximate surface area is 164 Å². The molecule has 28 heavy (non-hydrogen) atoms. The average molecular weight is 385 g/mol. The van der Waals surface area contributed by atoms with Crippen LogP contribution in [0.25, 0.3) is 0 Å². The minimum atomic E-state index is -0.355. The predicted molar refractivity (Wildman–Crippen MR) is 107 cm³/mol. The Bertz CT molecular complexity index is 783. The first-order valence-electron chi connectivity index (χ1n) is 9.55. The number of carbonyl (C=O) groups is 2. The minimum absolute atomic E-state index is 0.119. The zero-order valence-electron chi connectivity index (χ0n) is 16.3. The molecule has 1 saturated heterocycles. The maximum Gasteiger partial charge on any atom is 0.317 e. The summed E-state index contributed by atoms with van der Waals surface area (Å²) in [7, 11) is 0. The van der Waals surface area contributed by atoms with E-state index in [2.05, 4.69) is 56.7 Å². The highest BCUT2D eigenvalue weighted by atomic mass is 16.2. The number of anilines is 2. The van der Waals surface area contributed by atoms with Crippen molar-refractivity contribution in [3.63, 3.8) is 0 Å².